The Morgan fingerprint density at radius 2 is 1.72 bits per heavy atom. The Labute approximate surface area is 194 Å². The van der Waals surface area contributed by atoms with E-state index in [0.29, 0.717) is 16.1 Å². The van der Waals surface area contributed by atoms with Gasteiger partial charge in [-0.25, -0.2) is 4.39 Å². The van der Waals surface area contributed by atoms with Crippen LogP contribution in [0.25, 0.3) is 5.76 Å². The van der Waals surface area contributed by atoms with Crippen LogP contribution in [0.4, 0.5) is 10.1 Å². The Morgan fingerprint density at radius 1 is 0.969 bits per heavy atom. The maximum Gasteiger partial charge on any atom is 0.300 e. The fourth-order valence-electron chi connectivity index (χ4n) is 3.86. The molecular formula is C25H18Cl2FNO3. The van der Waals surface area contributed by atoms with Gasteiger partial charge in [0.25, 0.3) is 11.7 Å². The molecule has 7 heteroatoms. The number of ketones is 1. The highest BCUT2D eigenvalue weighted by atomic mass is 35.5. The van der Waals surface area contributed by atoms with Crippen molar-refractivity contribution in [2.45, 2.75) is 19.9 Å². The Bertz CT molecular complexity index is 1300. The van der Waals surface area contributed by atoms with Crippen LogP contribution >= 0.6 is 23.2 Å². The topological polar surface area (TPSA) is 57.6 Å². The molecule has 1 heterocycles. The fourth-order valence-corrected chi connectivity index (χ4v) is 4.17. The molecule has 1 unspecified atom stereocenters. The van der Waals surface area contributed by atoms with Crippen molar-refractivity contribution in [1.29, 1.82) is 0 Å². The minimum Gasteiger partial charge on any atom is -0.507 e. The maximum atomic E-state index is 14.0. The highest BCUT2D eigenvalue weighted by molar-refractivity contribution is 6.51. The number of nitrogens with zero attached hydrogens (tertiary/aromatic N) is 1. The van der Waals surface area contributed by atoms with Crippen LogP contribution in [-0.2, 0) is 9.59 Å². The van der Waals surface area contributed by atoms with Crippen LogP contribution in [0.3, 0.4) is 0 Å². The highest BCUT2D eigenvalue weighted by Crippen LogP contribution is 2.43. The number of aliphatic hydroxyl groups is 1. The number of carbonyl (C=O) groups excluding carboxylic acids is 2. The van der Waals surface area contributed by atoms with E-state index in [4.69, 9.17) is 23.2 Å². The van der Waals surface area contributed by atoms with Gasteiger partial charge < -0.3 is 5.11 Å². The van der Waals surface area contributed by atoms with E-state index in [0.717, 1.165) is 17.2 Å². The molecular weight excluding hydrogens is 452 g/mol. The van der Waals surface area contributed by atoms with Crippen LogP contribution in [0.1, 0.15) is 28.3 Å². The number of Topliss-reactive ketones (excluding diaryl/α,β-unsaturated/α-hetero) is 1. The first-order valence-corrected chi connectivity index (χ1v) is 10.5. The SMILES string of the molecule is Cc1ccc(C)c(/C(O)=C2\C(=O)C(=O)N(c3cccc(F)c3)C2c2ccc(Cl)c(Cl)c2)c1. The number of carbonyl (C=O) groups is 2. The monoisotopic (exact) mass is 469 g/mol. The predicted molar refractivity (Wildman–Crippen MR) is 124 cm³/mol. The van der Waals surface area contributed by atoms with E-state index in [9.17, 15) is 19.1 Å². The van der Waals surface area contributed by atoms with Crippen molar-refractivity contribution in [2.24, 2.45) is 0 Å². The number of anilines is 1. The third kappa shape index (κ3) is 3.78. The van der Waals surface area contributed by atoms with Gasteiger partial charge in [0.15, 0.2) is 0 Å². The molecule has 4 rings (SSSR count). The lowest BCUT2D eigenvalue weighted by molar-refractivity contribution is -0.132. The van der Waals surface area contributed by atoms with Gasteiger partial charge in [0.2, 0.25) is 0 Å². The molecule has 0 bridgehead atoms. The van der Waals surface area contributed by atoms with Crippen LogP contribution < -0.4 is 4.90 Å². The molecule has 1 amide bonds. The van der Waals surface area contributed by atoms with Crippen LogP contribution in [0.2, 0.25) is 10.0 Å². The van der Waals surface area contributed by atoms with E-state index in [1.54, 1.807) is 25.1 Å². The van der Waals surface area contributed by atoms with E-state index in [2.05, 4.69) is 0 Å². The molecule has 3 aromatic carbocycles. The molecule has 0 radical (unpaired) electrons. The van der Waals surface area contributed by atoms with Gasteiger partial charge in [-0.1, -0.05) is 53.0 Å². The maximum absolute atomic E-state index is 14.0. The molecule has 1 fully saturated rings. The van der Waals surface area contributed by atoms with Crippen LogP contribution in [0, 0.1) is 19.7 Å². The molecule has 4 nitrogen and oxygen atoms in total. The number of hydrogen-bond acceptors (Lipinski definition) is 3. The van der Waals surface area contributed by atoms with E-state index < -0.39 is 23.5 Å². The number of rotatable bonds is 3. The Morgan fingerprint density at radius 3 is 2.41 bits per heavy atom. The standard InChI is InChI=1S/C25H18Cl2FNO3/c1-13-6-7-14(2)18(10-13)23(30)21-22(15-8-9-19(26)20(27)11-15)29(25(32)24(21)31)17-5-3-4-16(28)12-17/h3-12,22,30H,1-2H3/b23-21+. The van der Waals surface area contributed by atoms with Gasteiger partial charge in [-0.05, 0) is 61.4 Å². The zero-order valence-corrected chi connectivity index (χ0v) is 18.7. The van der Waals surface area contributed by atoms with Gasteiger partial charge in [0.05, 0.1) is 21.7 Å². The number of hydrogen-bond donors (Lipinski definition) is 1. The molecule has 162 valence electrons. The smallest absolute Gasteiger partial charge is 0.300 e. The van der Waals surface area contributed by atoms with Gasteiger partial charge in [-0.15, -0.1) is 0 Å². The van der Waals surface area contributed by atoms with Gasteiger partial charge >= 0.3 is 0 Å². The van der Waals surface area contributed by atoms with E-state index in [-0.39, 0.29) is 22.0 Å². The molecule has 3 aromatic rings. The first-order valence-electron chi connectivity index (χ1n) is 9.78. The molecule has 1 aliphatic rings. The number of benzene rings is 3. The number of halogens is 3. The van der Waals surface area contributed by atoms with E-state index in [1.807, 2.05) is 19.1 Å². The van der Waals surface area contributed by atoms with Gasteiger partial charge in [0.1, 0.15) is 11.6 Å². The van der Waals surface area contributed by atoms with Crippen molar-refractivity contribution in [1.82, 2.24) is 0 Å². The average Bonchev–Trinajstić information content (AvgIpc) is 3.02. The van der Waals surface area contributed by atoms with Crippen molar-refractivity contribution >= 4 is 46.3 Å². The Kier molecular flexibility index (Phi) is 5.80. The van der Waals surface area contributed by atoms with Crippen LogP contribution in [-0.4, -0.2) is 16.8 Å². The summed E-state index contributed by atoms with van der Waals surface area (Å²) in [6, 6.07) is 14.5. The zero-order chi connectivity index (χ0) is 23.2. The largest absolute Gasteiger partial charge is 0.507 e. The number of aryl methyl sites for hydroxylation is 2. The summed E-state index contributed by atoms with van der Waals surface area (Å²) in [5.74, 6) is -2.62. The minimum absolute atomic E-state index is 0.105. The van der Waals surface area contributed by atoms with Crippen molar-refractivity contribution in [3.05, 3.63) is 104 Å². The summed E-state index contributed by atoms with van der Waals surface area (Å²) >= 11 is 12.3. The number of aliphatic hydroxyl groups excluding tert-OH is 1. The molecule has 0 aromatic heterocycles. The molecule has 0 aliphatic carbocycles. The molecule has 1 atom stereocenters. The third-order valence-electron chi connectivity index (χ3n) is 5.44. The first-order chi connectivity index (χ1) is 15.2. The first kappa shape index (κ1) is 22.1. The van der Waals surface area contributed by atoms with Crippen molar-refractivity contribution in [2.75, 3.05) is 4.90 Å². The summed E-state index contributed by atoms with van der Waals surface area (Å²) in [5, 5.41) is 11.8. The summed E-state index contributed by atoms with van der Waals surface area (Å²) in [5.41, 5.74) is 2.58. The lowest BCUT2D eigenvalue weighted by atomic mass is 9.93. The van der Waals surface area contributed by atoms with E-state index >= 15 is 0 Å². The van der Waals surface area contributed by atoms with Crippen molar-refractivity contribution in [3.63, 3.8) is 0 Å². The molecule has 1 aliphatic heterocycles. The van der Waals surface area contributed by atoms with Gasteiger partial charge in [-0.3, -0.25) is 14.5 Å². The fraction of sp³-hybridized carbons (Fsp3) is 0.120. The summed E-state index contributed by atoms with van der Waals surface area (Å²) in [7, 11) is 0. The molecule has 1 N–H and O–H groups in total. The average molecular weight is 470 g/mol. The van der Waals surface area contributed by atoms with Gasteiger partial charge in [-0.2, -0.15) is 0 Å². The Hall–Kier alpha value is -3.15. The highest BCUT2D eigenvalue weighted by Gasteiger charge is 2.47. The summed E-state index contributed by atoms with van der Waals surface area (Å²) in [6.07, 6.45) is 0. The third-order valence-corrected chi connectivity index (χ3v) is 6.18. The molecule has 32 heavy (non-hydrogen) atoms. The van der Waals surface area contributed by atoms with Crippen LogP contribution in [0.5, 0.6) is 0 Å². The van der Waals surface area contributed by atoms with Crippen molar-refractivity contribution in [3.8, 4) is 0 Å². The zero-order valence-electron chi connectivity index (χ0n) is 17.2. The lowest BCUT2D eigenvalue weighted by Gasteiger charge is -2.26. The molecule has 0 saturated carbocycles. The second-order valence-corrected chi connectivity index (χ2v) is 8.46. The van der Waals surface area contributed by atoms with Crippen molar-refractivity contribution < 1.29 is 19.1 Å². The van der Waals surface area contributed by atoms with Crippen LogP contribution in [0.15, 0.2) is 66.2 Å². The summed E-state index contributed by atoms with van der Waals surface area (Å²) in [4.78, 5) is 27.4. The lowest BCUT2D eigenvalue weighted by Crippen LogP contribution is -2.29. The normalized spacial score (nSPS) is 17.8. The predicted octanol–water partition coefficient (Wildman–Crippen LogP) is 6.38. The van der Waals surface area contributed by atoms with Gasteiger partial charge in [0, 0.05) is 11.3 Å². The quantitative estimate of drug-likeness (QED) is 0.275. The minimum atomic E-state index is -1.02. The molecule has 0 spiro atoms. The molecule has 1 saturated heterocycles. The summed E-state index contributed by atoms with van der Waals surface area (Å²) < 4.78 is 14.0. The second-order valence-electron chi connectivity index (χ2n) is 7.64. The summed E-state index contributed by atoms with van der Waals surface area (Å²) in [6.45, 7) is 3.66. The number of amides is 1. The van der Waals surface area contributed by atoms with E-state index in [1.165, 1.54) is 29.2 Å². The Balaban J connectivity index is 2.01. The second kappa shape index (κ2) is 8.41.